The Kier molecular flexibility index (Phi) is 15.4. The highest BCUT2D eigenvalue weighted by atomic mass is 16.4. The monoisotopic (exact) mass is 298 g/mol. The van der Waals surface area contributed by atoms with E-state index in [0.29, 0.717) is 0 Å². The molecule has 0 spiro atoms. The van der Waals surface area contributed by atoms with Gasteiger partial charge in [0.25, 0.3) is 0 Å². The molecule has 0 rings (SSSR count). The second-order valence-corrected chi connectivity index (χ2v) is 6.37. The smallest absolute Gasteiger partial charge is 0.0734 e. The predicted molar refractivity (Wildman–Crippen MR) is 93.2 cm³/mol. The Morgan fingerprint density at radius 2 is 1.19 bits per heavy atom. The van der Waals surface area contributed by atoms with Crippen LogP contribution < -0.4 is 5.73 Å². The second-order valence-electron chi connectivity index (χ2n) is 6.37. The van der Waals surface area contributed by atoms with Crippen LogP contribution in [-0.2, 0) is 0 Å². The molecule has 0 aromatic heterocycles. The SMILES string of the molecule is CCCCCCCCCCCCCCCC(=NO)[C@H](C)N. The Morgan fingerprint density at radius 1 is 0.810 bits per heavy atom. The fourth-order valence-electron chi connectivity index (χ4n) is 2.69. The van der Waals surface area contributed by atoms with Crippen LogP contribution in [0.1, 0.15) is 104 Å². The molecule has 1 atom stereocenters. The summed E-state index contributed by atoms with van der Waals surface area (Å²) in [6.07, 6.45) is 18.5. The van der Waals surface area contributed by atoms with Crippen LogP contribution in [0.15, 0.2) is 5.16 Å². The van der Waals surface area contributed by atoms with E-state index in [4.69, 9.17) is 10.9 Å². The van der Waals surface area contributed by atoms with Crippen LogP contribution in [0.3, 0.4) is 0 Å². The minimum atomic E-state index is -0.118. The van der Waals surface area contributed by atoms with Gasteiger partial charge in [-0.1, -0.05) is 89.1 Å². The van der Waals surface area contributed by atoms with Gasteiger partial charge in [-0.2, -0.15) is 0 Å². The van der Waals surface area contributed by atoms with Gasteiger partial charge in [-0.3, -0.25) is 0 Å². The van der Waals surface area contributed by atoms with Gasteiger partial charge in [-0.25, -0.2) is 0 Å². The zero-order valence-electron chi connectivity index (χ0n) is 14.4. The van der Waals surface area contributed by atoms with Crippen molar-refractivity contribution in [1.29, 1.82) is 0 Å². The number of nitrogens with two attached hydrogens (primary N) is 1. The Hall–Kier alpha value is -0.570. The summed E-state index contributed by atoms with van der Waals surface area (Å²) >= 11 is 0. The lowest BCUT2D eigenvalue weighted by Gasteiger charge is -2.07. The number of hydrogen-bond donors (Lipinski definition) is 2. The first-order valence-corrected chi connectivity index (χ1v) is 9.18. The number of oxime groups is 1. The summed E-state index contributed by atoms with van der Waals surface area (Å²) in [6, 6.07) is -0.118. The van der Waals surface area contributed by atoms with Crippen LogP contribution in [0.2, 0.25) is 0 Å². The Bertz CT molecular complexity index is 239. The second kappa shape index (κ2) is 15.8. The third-order valence-electron chi connectivity index (χ3n) is 4.19. The van der Waals surface area contributed by atoms with Gasteiger partial charge in [0.2, 0.25) is 0 Å². The van der Waals surface area contributed by atoms with Crippen LogP contribution >= 0.6 is 0 Å². The average Bonchev–Trinajstić information content (AvgIpc) is 2.47. The lowest BCUT2D eigenvalue weighted by Crippen LogP contribution is -2.26. The van der Waals surface area contributed by atoms with E-state index in [1.807, 2.05) is 6.92 Å². The molecule has 3 heteroatoms. The van der Waals surface area contributed by atoms with Crippen molar-refractivity contribution >= 4 is 5.71 Å². The molecule has 0 saturated heterocycles. The summed E-state index contributed by atoms with van der Waals surface area (Å²) < 4.78 is 0. The summed E-state index contributed by atoms with van der Waals surface area (Å²) in [5.41, 5.74) is 6.44. The van der Waals surface area contributed by atoms with E-state index in [0.717, 1.165) is 18.6 Å². The number of nitrogens with zero attached hydrogens (tertiary/aromatic N) is 1. The first-order chi connectivity index (χ1) is 10.2. The van der Waals surface area contributed by atoms with E-state index in [-0.39, 0.29) is 6.04 Å². The molecule has 0 aromatic carbocycles. The van der Waals surface area contributed by atoms with E-state index in [9.17, 15) is 0 Å². The van der Waals surface area contributed by atoms with E-state index in [1.165, 1.54) is 77.0 Å². The van der Waals surface area contributed by atoms with Gasteiger partial charge >= 0.3 is 0 Å². The van der Waals surface area contributed by atoms with Gasteiger partial charge in [0.1, 0.15) is 0 Å². The highest BCUT2D eigenvalue weighted by Gasteiger charge is 2.05. The van der Waals surface area contributed by atoms with Crippen LogP contribution in [0.25, 0.3) is 0 Å². The van der Waals surface area contributed by atoms with Crippen molar-refractivity contribution in [2.75, 3.05) is 0 Å². The van der Waals surface area contributed by atoms with Crippen molar-refractivity contribution in [3.8, 4) is 0 Å². The molecule has 0 radical (unpaired) electrons. The number of unbranched alkanes of at least 4 members (excludes halogenated alkanes) is 12. The van der Waals surface area contributed by atoms with Gasteiger partial charge < -0.3 is 10.9 Å². The van der Waals surface area contributed by atoms with Crippen LogP contribution in [-0.4, -0.2) is 17.0 Å². The first-order valence-electron chi connectivity index (χ1n) is 9.18. The highest BCUT2D eigenvalue weighted by molar-refractivity contribution is 5.88. The molecule has 0 aliphatic rings. The van der Waals surface area contributed by atoms with Crippen molar-refractivity contribution in [3.63, 3.8) is 0 Å². The summed E-state index contributed by atoms with van der Waals surface area (Å²) in [5, 5.41) is 12.1. The predicted octanol–water partition coefficient (Wildman–Crippen LogP) is 5.65. The average molecular weight is 299 g/mol. The highest BCUT2D eigenvalue weighted by Crippen LogP contribution is 2.13. The van der Waals surface area contributed by atoms with Crippen molar-refractivity contribution in [2.45, 2.75) is 110 Å². The molecule has 0 fully saturated rings. The van der Waals surface area contributed by atoms with E-state index in [1.54, 1.807) is 0 Å². The summed E-state index contributed by atoms with van der Waals surface area (Å²) in [6.45, 7) is 4.14. The Morgan fingerprint density at radius 3 is 1.52 bits per heavy atom. The molecule has 0 unspecified atom stereocenters. The van der Waals surface area contributed by atoms with Crippen molar-refractivity contribution in [3.05, 3.63) is 0 Å². The molecular formula is C18H38N2O. The molecule has 0 aliphatic carbocycles. The van der Waals surface area contributed by atoms with Crippen LogP contribution in [0.5, 0.6) is 0 Å². The maximum atomic E-state index is 8.80. The molecule has 3 nitrogen and oxygen atoms in total. The topological polar surface area (TPSA) is 58.6 Å². The third kappa shape index (κ3) is 14.1. The third-order valence-corrected chi connectivity index (χ3v) is 4.19. The molecule has 0 bridgehead atoms. The number of rotatable bonds is 15. The maximum absolute atomic E-state index is 8.80. The molecule has 0 heterocycles. The quantitative estimate of drug-likeness (QED) is 0.178. The lowest BCUT2D eigenvalue weighted by molar-refractivity contribution is 0.315. The zero-order chi connectivity index (χ0) is 15.8. The Labute approximate surface area is 132 Å². The minimum Gasteiger partial charge on any atom is -0.411 e. The van der Waals surface area contributed by atoms with Crippen LogP contribution in [0, 0.1) is 0 Å². The summed E-state index contributed by atoms with van der Waals surface area (Å²) in [5.74, 6) is 0. The summed E-state index contributed by atoms with van der Waals surface area (Å²) in [7, 11) is 0. The molecule has 21 heavy (non-hydrogen) atoms. The largest absolute Gasteiger partial charge is 0.411 e. The molecule has 126 valence electrons. The van der Waals surface area contributed by atoms with Crippen LogP contribution in [0.4, 0.5) is 0 Å². The van der Waals surface area contributed by atoms with Crippen molar-refractivity contribution in [1.82, 2.24) is 0 Å². The summed E-state index contributed by atoms with van der Waals surface area (Å²) in [4.78, 5) is 0. The zero-order valence-corrected chi connectivity index (χ0v) is 14.4. The van der Waals surface area contributed by atoms with E-state index >= 15 is 0 Å². The standard InChI is InChI=1S/C18H38N2O/c1-3-4-5-6-7-8-9-10-11-12-13-14-15-16-18(20-21)17(2)19/h17,21H,3-16,19H2,1-2H3/t17-/m0/s1. The molecule has 0 aliphatic heterocycles. The maximum Gasteiger partial charge on any atom is 0.0734 e. The minimum absolute atomic E-state index is 0.118. The van der Waals surface area contributed by atoms with E-state index < -0.39 is 0 Å². The molecular weight excluding hydrogens is 260 g/mol. The lowest BCUT2D eigenvalue weighted by atomic mass is 10.0. The first kappa shape index (κ1) is 20.4. The van der Waals surface area contributed by atoms with Gasteiger partial charge in [0.05, 0.1) is 5.71 Å². The van der Waals surface area contributed by atoms with Gasteiger partial charge in [0, 0.05) is 6.04 Å². The van der Waals surface area contributed by atoms with Gasteiger partial charge in [-0.05, 0) is 19.8 Å². The fourth-order valence-corrected chi connectivity index (χ4v) is 2.69. The van der Waals surface area contributed by atoms with E-state index in [2.05, 4.69) is 12.1 Å². The van der Waals surface area contributed by atoms with Gasteiger partial charge in [0.15, 0.2) is 0 Å². The Balaban J connectivity index is 3.16. The van der Waals surface area contributed by atoms with Crippen molar-refractivity contribution < 1.29 is 5.21 Å². The molecule has 0 amide bonds. The van der Waals surface area contributed by atoms with Gasteiger partial charge in [-0.15, -0.1) is 0 Å². The fraction of sp³-hybridized carbons (Fsp3) is 0.944. The normalized spacial score (nSPS) is 13.6. The number of hydrogen-bond acceptors (Lipinski definition) is 3. The molecule has 0 aromatic rings. The molecule has 0 saturated carbocycles. The molecule has 3 N–H and O–H groups in total. The van der Waals surface area contributed by atoms with Crippen molar-refractivity contribution in [2.24, 2.45) is 10.9 Å².